The second-order valence-electron chi connectivity index (χ2n) is 5.08. The summed E-state index contributed by atoms with van der Waals surface area (Å²) in [6, 6.07) is 6.77. The quantitative estimate of drug-likeness (QED) is 0.795. The van der Waals surface area contributed by atoms with Gasteiger partial charge in [-0.25, -0.2) is 4.79 Å². The number of methoxy groups -OCH3 is 1. The lowest BCUT2D eigenvalue weighted by Gasteiger charge is -2.17. The Morgan fingerprint density at radius 1 is 1.18 bits per heavy atom. The Bertz CT molecular complexity index is 684. The first-order chi connectivity index (χ1) is 10.7. The normalized spacial score (nSPS) is 17.5. The number of nitrogens with zero attached hydrogens (tertiary/aromatic N) is 4. The molecule has 0 saturated carbocycles. The Hall–Kier alpha value is -2.70. The van der Waals surface area contributed by atoms with Crippen molar-refractivity contribution in [2.24, 2.45) is 0 Å². The van der Waals surface area contributed by atoms with E-state index < -0.39 is 5.97 Å². The highest BCUT2D eigenvalue weighted by atomic mass is 16.5. The molecular weight excluding hydrogens is 284 g/mol. The molecule has 1 fully saturated rings. The van der Waals surface area contributed by atoms with E-state index in [1.54, 1.807) is 46.4 Å². The average molecular weight is 300 g/mol. The molecule has 0 spiro atoms. The second kappa shape index (κ2) is 5.97. The number of carbonyl (C=O) groups is 2. The fourth-order valence-corrected chi connectivity index (χ4v) is 2.66. The standard InChI is InChI=1S/C15H16N4O3/c1-22-15(21)13-5-3-2-4-12(13)14(20)18-9-6-11(10-18)19-16-7-8-17-19/h2-5,7-8,11H,6,9-10H2,1H3. The molecule has 1 aliphatic rings. The van der Waals surface area contributed by atoms with E-state index in [0.29, 0.717) is 18.7 Å². The number of ether oxygens (including phenoxy) is 1. The third kappa shape index (κ3) is 2.57. The van der Waals surface area contributed by atoms with Crippen LogP contribution in [0.4, 0.5) is 0 Å². The van der Waals surface area contributed by atoms with Gasteiger partial charge in [0, 0.05) is 13.1 Å². The first-order valence-electron chi connectivity index (χ1n) is 7.03. The SMILES string of the molecule is COC(=O)c1ccccc1C(=O)N1CCC(n2nccn2)C1. The molecule has 2 heterocycles. The summed E-state index contributed by atoms with van der Waals surface area (Å²) in [7, 11) is 1.30. The van der Waals surface area contributed by atoms with E-state index in [2.05, 4.69) is 10.2 Å². The van der Waals surface area contributed by atoms with Crippen molar-refractivity contribution in [2.45, 2.75) is 12.5 Å². The predicted octanol–water partition coefficient (Wildman–Crippen LogP) is 1.15. The highest BCUT2D eigenvalue weighted by Gasteiger charge is 2.30. The summed E-state index contributed by atoms with van der Waals surface area (Å²) in [5.41, 5.74) is 0.652. The number of hydrogen-bond acceptors (Lipinski definition) is 5. The van der Waals surface area contributed by atoms with Gasteiger partial charge < -0.3 is 9.64 Å². The Morgan fingerprint density at radius 2 is 1.86 bits per heavy atom. The number of benzene rings is 1. The van der Waals surface area contributed by atoms with Crippen molar-refractivity contribution in [1.29, 1.82) is 0 Å². The van der Waals surface area contributed by atoms with E-state index >= 15 is 0 Å². The number of carbonyl (C=O) groups excluding carboxylic acids is 2. The molecule has 1 amide bonds. The van der Waals surface area contributed by atoms with Crippen molar-refractivity contribution in [3.05, 3.63) is 47.8 Å². The van der Waals surface area contributed by atoms with E-state index in [4.69, 9.17) is 4.74 Å². The Kier molecular flexibility index (Phi) is 3.86. The zero-order valence-corrected chi connectivity index (χ0v) is 12.2. The first-order valence-corrected chi connectivity index (χ1v) is 7.03. The molecule has 1 aliphatic heterocycles. The van der Waals surface area contributed by atoms with Crippen LogP contribution >= 0.6 is 0 Å². The third-order valence-corrected chi connectivity index (χ3v) is 3.78. The molecule has 1 aromatic heterocycles. The van der Waals surface area contributed by atoms with Gasteiger partial charge in [-0.2, -0.15) is 15.0 Å². The Balaban J connectivity index is 1.79. The zero-order valence-electron chi connectivity index (χ0n) is 12.2. The molecule has 7 heteroatoms. The lowest BCUT2D eigenvalue weighted by molar-refractivity contribution is 0.0591. The molecule has 0 radical (unpaired) electrons. The van der Waals surface area contributed by atoms with E-state index in [1.165, 1.54) is 7.11 Å². The first kappa shape index (κ1) is 14.2. The van der Waals surface area contributed by atoms with Gasteiger partial charge in [0.1, 0.15) is 0 Å². The number of hydrogen-bond donors (Lipinski definition) is 0. The molecule has 1 saturated heterocycles. The minimum absolute atomic E-state index is 0.0734. The van der Waals surface area contributed by atoms with Gasteiger partial charge in [0.25, 0.3) is 5.91 Å². The van der Waals surface area contributed by atoms with Gasteiger partial charge in [-0.3, -0.25) is 4.79 Å². The molecular formula is C15H16N4O3. The van der Waals surface area contributed by atoms with Gasteiger partial charge in [0.15, 0.2) is 0 Å². The van der Waals surface area contributed by atoms with Crippen LogP contribution in [0.2, 0.25) is 0 Å². The van der Waals surface area contributed by atoms with Crippen LogP contribution in [0.3, 0.4) is 0 Å². The Morgan fingerprint density at radius 3 is 2.55 bits per heavy atom. The van der Waals surface area contributed by atoms with Crippen LogP contribution in [-0.2, 0) is 4.74 Å². The fraction of sp³-hybridized carbons (Fsp3) is 0.333. The summed E-state index contributed by atoms with van der Waals surface area (Å²) >= 11 is 0. The summed E-state index contributed by atoms with van der Waals surface area (Å²) in [5.74, 6) is -0.677. The van der Waals surface area contributed by atoms with Crippen LogP contribution in [-0.4, -0.2) is 52.0 Å². The molecule has 22 heavy (non-hydrogen) atoms. The number of likely N-dealkylation sites (tertiary alicyclic amines) is 1. The average Bonchev–Trinajstić information content (AvgIpc) is 3.24. The summed E-state index contributed by atoms with van der Waals surface area (Å²) in [5, 5.41) is 8.23. The molecule has 7 nitrogen and oxygen atoms in total. The van der Waals surface area contributed by atoms with Crippen molar-refractivity contribution >= 4 is 11.9 Å². The number of amides is 1. The molecule has 1 aromatic carbocycles. The zero-order chi connectivity index (χ0) is 15.5. The highest BCUT2D eigenvalue weighted by Crippen LogP contribution is 2.23. The molecule has 1 unspecified atom stereocenters. The highest BCUT2D eigenvalue weighted by molar-refractivity contribution is 6.05. The lowest BCUT2D eigenvalue weighted by Crippen LogP contribution is -2.30. The minimum atomic E-state index is -0.506. The van der Waals surface area contributed by atoms with Crippen molar-refractivity contribution in [3.8, 4) is 0 Å². The maximum Gasteiger partial charge on any atom is 0.338 e. The lowest BCUT2D eigenvalue weighted by atomic mass is 10.1. The van der Waals surface area contributed by atoms with Crippen LogP contribution in [0.5, 0.6) is 0 Å². The molecule has 2 aromatic rings. The van der Waals surface area contributed by atoms with Crippen molar-refractivity contribution in [1.82, 2.24) is 19.9 Å². The van der Waals surface area contributed by atoms with Gasteiger partial charge >= 0.3 is 5.97 Å². The maximum absolute atomic E-state index is 12.7. The summed E-state index contributed by atoms with van der Waals surface area (Å²) in [4.78, 5) is 27.8. The number of esters is 1. The van der Waals surface area contributed by atoms with E-state index in [-0.39, 0.29) is 17.5 Å². The van der Waals surface area contributed by atoms with Crippen LogP contribution in [0.1, 0.15) is 33.2 Å². The maximum atomic E-state index is 12.7. The van der Waals surface area contributed by atoms with Gasteiger partial charge in [-0.1, -0.05) is 12.1 Å². The van der Waals surface area contributed by atoms with E-state index in [1.807, 2.05) is 0 Å². The smallest absolute Gasteiger partial charge is 0.338 e. The molecule has 1 atom stereocenters. The minimum Gasteiger partial charge on any atom is -0.465 e. The van der Waals surface area contributed by atoms with Crippen molar-refractivity contribution in [3.63, 3.8) is 0 Å². The number of aromatic nitrogens is 3. The topological polar surface area (TPSA) is 77.3 Å². The van der Waals surface area contributed by atoms with Crippen LogP contribution in [0, 0.1) is 0 Å². The number of rotatable bonds is 3. The molecule has 0 N–H and O–H groups in total. The van der Waals surface area contributed by atoms with Gasteiger partial charge in [-0.05, 0) is 18.6 Å². The van der Waals surface area contributed by atoms with E-state index in [9.17, 15) is 9.59 Å². The Labute approximate surface area is 127 Å². The van der Waals surface area contributed by atoms with Crippen molar-refractivity contribution in [2.75, 3.05) is 20.2 Å². The van der Waals surface area contributed by atoms with Gasteiger partial charge in [-0.15, -0.1) is 0 Å². The molecule has 3 rings (SSSR count). The monoisotopic (exact) mass is 300 g/mol. The van der Waals surface area contributed by atoms with Crippen molar-refractivity contribution < 1.29 is 14.3 Å². The summed E-state index contributed by atoms with van der Waals surface area (Å²) < 4.78 is 4.74. The molecule has 0 bridgehead atoms. The van der Waals surface area contributed by atoms with Gasteiger partial charge in [0.05, 0.1) is 36.7 Å². The molecule has 114 valence electrons. The summed E-state index contributed by atoms with van der Waals surface area (Å²) in [6.45, 7) is 1.14. The fourth-order valence-electron chi connectivity index (χ4n) is 2.66. The predicted molar refractivity (Wildman–Crippen MR) is 77.4 cm³/mol. The van der Waals surface area contributed by atoms with Gasteiger partial charge in [0.2, 0.25) is 0 Å². The summed E-state index contributed by atoms with van der Waals surface area (Å²) in [6.07, 6.45) is 4.04. The van der Waals surface area contributed by atoms with Crippen LogP contribution in [0.15, 0.2) is 36.7 Å². The largest absolute Gasteiger partial charge is 0.465 e. The third-order valence-electron chi connectivity index (χ3n) is 3.78. The van der Waals surface area contributed by atoms with Crippen LogP contribution < -0.4 is 0 Å². The van der Waals surface area contributed by atoms with E-state index in [0.717, 1.165) is 6.42 Å². The second-order valence-corrected chi connectivity index (χ2v) is 5.08. The van der Waals surface area contributed by atoms with Crippen LogP contribution in [0.25, 0.3) is 0 Å². The molecule has 0 aliphatic carbocycles.